The molecule has 0 fully saturated rings. The fourth-order valence-electron chi connectivity index (χ4n) is 2.83. The molecule has 27 heavy (non-hydrogen) atoms. The number of aromatic nitrogens is 2. The molecular formula is C18H21Cl2FIN5. The first-order valence-electron chi connectivity index (χ1n) is 8.19. The van der Waals surface area contributed by atoms with Gasteiger partial charge in [-0.05, 0) is 36.2 Å². The van der Waals surface area contributed by atoms with Crippen LogP contribution in [0.2, 0.25) is 10.2 Å². The minimum Gasteiger partial charge on any atom is -0.361 e. The lowest BCUT2D eigenvalue weighted by molar-refractivity contribution is 0.629. The number of rotatable bonds is 5. The average Bonchev–Trinajstić information content (AvgIpc) is 3.14. The van der Waals surface area contributed by atoms with Crippen molar-refractivity contribution < 1.29 is 4.39 Å². The molecule has 2 heterocycles. The van der Waals surface area contributed by atoms with Gasteiger partial charge in [-0.25, -0.2) is 4.39 Å². The van der Waals surface area contributed by atoms with Crippen molar-refractivity contribution in [3.63, 3.8) is 0 Å². The number of nitrogens with zero attached hydrogens (tertiary/aromatic N) is 2. The van der Waals surface area contributed by atoms with Gasteiger partial charge in [0, 0.05) is 43.4 Å². The molecule has 1 aromatic carbocycles. The quantitative estimate of drug-likeness (QED) is 0.262. The standard InChI is InChI=1S/C18H20Cl2FN5.HI/c1-22-18(25-10-13-8-15(19)17(20)26(13)2)23-6-5-11-9-24-16-4-3-12(21)7-14(11)16;/h3-4,7-9,24H,5-6,10H2,1-2H3,(H2,22,23,25);1H. The molecule has 0 aliphatic heterocycles. The number of halogens is 4. The molecule has 3 rings (SSSR count). The maximum absolute atomic E-state index is 13.4. The highest BCUT2D eigenvalue weighted by Crippen LogP contribution is 2.25. The molecule has 0 atom stereocenters. The van der Waals surface area contributed by atoms with Gasteiger partial charge in [0.15, 0.2) is 5.96 Å². The van der Waals surface area contributed by atoms with Crippen molar-refractivity contribution in [3.05, 3.63) is 57.7 Å². The second-order valence-corrected chi connectivity index (χ2v) is 6.71. The second kappa shape index (κ2) is 9.66. The molecule has 0 saturated carbocycles. The third-order valence-corrected chi connectivity index (χ3v) is 5.13. The Hall–Kier alpha value is -1.45. The normalized spacial score (nSPS) is 11.5. The van der Waals surface area contributed by atoms with E-state index in [0.717, 1.165) is 28.6 Å². The summed E-state index contributed by atoms with van der Waals surface area (Å²) in [6, 6.07) is 6.58. The number of guanidine groups is 1. The van der Waals surface area contributed by atoms with Crippen LogP contribution in [0.4, 0.5) is 4.39 Å². The van der Waals surface area contributed by atoms with Crippen LogP contribution >= 0.6 is 47.2 Å². The molecule has 0 saturated heterocycles. The van der Waals surface area contributed by atoms with Crippen LogP contribution in [0.3, 0.4) is 0 Å². The Labute approximate surface area is 184 Å². The zero-order valence-corrected chi connectivity index (χ0v) is 18.8. The number of H-pyrrole nitrogens is 1. The number of hydrogen-bond acceptors (Lipinski definition) is 1. The van der Waals surface area contributed by atoms with E-state index in [1.807, 2.05) is 23.9 Å². The van der Waals surface area contributed by atoms with Crippen molar-refractivity contribution in [2.75, 3.05) is 13.6 Å². The molecule has 0 amide bonds. The van der Waals surface area contributed by atoms with Gasteiger partial charge in [0.25, 0.3) is 0 Å². The third kappa shape index (κ3) is 5.08. The largest absolute Gasteiger partial charge is 0.361 e. The van der Waals surface area contributed by atoms with E-state index in [4.69, 9.17) is 23.2 Å². The number of benzene rings is 1. The number of fused-ring (bicyclic) bond motifs is 1. The average molecular weight is 524 g/mol. The fraction of sp³-hybridized carbons (Fsp3) is 0.278. The lowest BCUT2D eigenvalue weighted by atomic mass is 10.1. The molecule has 0 radical (unpaired) electrons. The van der Waals surface area contributed by atoms with Crippen LogP contribution in [-0.4, -0.2) is 29.1 Å². The van der Waals surface area contributed by atoms with Crippen molar-refractivity contribution >= 4 is 64.0 Å². The predicted molar refractivity (Wildman–Crippen MR) is 121 cm³/mol. The lowest BCUT2D eigenvalue weighted by Gasteiger charge is -2.12. The van der Waals surface area contributed by atoms with E-state index in [9.17, 15) is 4.39 Å². The van der Waals surface area contributed by atoms with Crippen LogP contribution in [0.5, 0.6) is 0 Å². The Bertz CT molecular complexity index is 951. The van der Waals surface area contributed by atoms with Crippen molar-refractivity contribution in [3.8, 4) is 0 Å². The summed E-state index contributed by atoms with van der Waals surface area (Å²) in [5, 5.41) is 8.43. The van der Waals surface area contributed by atoms with E-state index in [2.05, 4.69) is 20.6 Å². The summed E-state index contributed by atoms with van der Waals surface area (Å²) in [5.41, 5.74) is 2.94. The molecule has 9 heteroatoms. The highest BCUT2D eigenvalue weighted by molar-refractivity contribution is 14.0. The molecular weight excluding hydrogens is 503 g/mol. The van der Waals surface area contributed by atoms with Crippen molar-refractivity contribution in [2.24, 2.45) is 12.0 Å². The van der Waals surface area contributed by atoms with E-state index < -0.39 is 0 Å². The summed E-state index contributed by atoms with van der Waals surface area (Å²) in [4.78, 5) is 7.37. The number of hydrogen-bond donors (Lipinski definition) is 3. The zero-order chi connectivity index (χ0) is 18.7. The molecule has 2 aromatic heterocycles. The second-order valence-electron chi connectivity index (χ2n) is 5.94. The maximum atomic E-state index is 13.4. The van der Waals surface area contributed by atoms with Crippen LogP contribution in [0, 0.1) is 5.82 Å². The van der Waals surface area contributed by atoms with Crippen molar-refractivity contribution in [2.45, 2.75) is 13.0 Å². The molecule has 3 N–H and O–H groups in total. The monoisotopic (exact) mass is 523 g/mol. The molecule has 146 valence electrons. The van der Waals surface area contributed by atoms with E-state index in [-0.39, 0.29) is 29.8 Å². The summed E-state index contributed by atoms with van der Waals surface area (Å²) in [5.74, 6) is 0.438. The Balaban J connectivity index is 0.00000261. The summed E-state index contributed by atoms with van der Waals surface area (Å²) >= 11 is 12.1. The Morgan fingerprint density at radius 2 is 2.04 bits per heavy atom. The first kappa shape index (κ1) is 21.8. The van der Waals surface area contributed by atoms with Crippen LogP contribution in [0.1, 0.15) is 11.3 Å². The smallest absolute Gasteiger partial charge is 0.191 e. The highest BCUT2D eigenvalue weighted by Gasteiger charge is 2.09. The summed E-state index contributed by atoms with van der Waals surface area (Å²) in [7, 11) is 3.57. The van der Waals surface area contributed by atoms with E-state index in [1.54, 1.807) is 19.2 Å². The van der Waals surface area contributed by atoms with Gasteiger partial charge in [0.05, 0.1) is 11.6 Å². The summed E-state index contributed by atoms with van der Waals surface area (Å²) < 4.78 is 15.3. The Kier molecular flexibility index (Phi) is 7.81. The molecule has 0 spiro atoms. The predicted octanol–water partition coefficient (Wildman–Crippen LogP) is 4.48. The van der Waals surface area contributed by atoms with Gasteiger partial charge in [-0.2, -0.15) is 0 Å². The molecule has 0 aliphatic carbocycles. The first-order chi connectivity index (χ1) is 12.5. The fourth-order valence-corrected chi connectivity index (χ4v) is 3.24. The number of nitrogens with one attached hydrogen (secondary N) is 3. The first-order valence-corrected chi connectivity index (χ1v) is 8.95. The molecule has 5 nitrogen and oxygen atoms in total. The SMILES string of the molecule is CN=C(NCCc1c[nH]c2ccc(F)cc12)NCc1cc(Cl)c(Cl)n1C.I. The number of aromatic amines is 1. The van der Waals surface area contributed by atoms with Gasteiger partial charge in [-0.15, -0.1) is 24.0 Å². The van der Waals surface area contributed by atoms with Crippen LogP contribution in [0.15, 0.2) is 35.5 Å². The van der Waals surface area contributed by atoms with Gasteiger partial charge in [0.2, 0.25) is 0 Å². The maximum Gasteiger partial charge on any atom is 0.191 e. The Morgan fingerprint density at radius 1 is 1.26 bits per heavy atom. The zero-order valence-electron chi connectivity index (χ0n) is 14.9. The highest BCUT2D eigenvalue weighted by atomic mass is 127. The van der Waals surface area contributed by atoms with Crippen LogP contribution < -0.4 is 10.6 Å². The van der Waals surface area contributed by atoms with Crippen molar-refractivity contribution in [1.29, 1.82) is 0 Å². The van der Waals surface area contributed by atoms with Gasteiger partial charge in [-0.3, -0.25) is 4.99 Å². The minimum absolute atomic E-state index is 0. The molecule has 0 bridgehead atoms. The number of aliphatic imine (C=N–C) groups is 1. The van der Waals surface area contributed by atoms with Gasteiger partial charge < -0.3 is 20.2 Å². The third-order valence-electron chi connectivity index (χ3n) is 4.29. The summed E-state index contributed by atoms with van der Waals surface area (Å²) in [6.07, 6.45) is 2.65. The minimum atomic E-state index is -0.233. The van der Waals surface area contributed by atoms with E-state index >= 15 is 0 Å². The van der Waals surface area contributed by atoms with E-state index in [1.165, 1.54) is 6.07 Å². The van der Waals surface area contributed by atoms with E-state index in [0.29, 0.717) is 29.2 Å². The van der Waals surface area contributed by atoms with Crippen LogP contribution in [0.25, 0.3) is 10.9 Å². The topological polar surface area (TPSA) is 57.1 Å². The van der Waals surface area contributed by atoms with Gasteiger partial charge in [0.1, 0.15) is 11.0 Å². The molecule has 0 unspecified atom stereocenters. The molecule has 0 aliphatic rings. The lowest BCUT2D eigenvalue weighted by Crippen LogP contribution is -2.38. The van der Waals surface area contributed by atoms with Gasteiger partial charge >= 0.3 is 0 Å². The van der Waals surface area contributed by atoms with Gasteiger partial charge in [-0.1, -0.05) is 23.2 Å². The summed E-state index contributed by atoms with van der Waals surface area (Å²) in [6.45, 7) is 1.21. The van der Waals surface area contributed by atoms with Crippen LogP contribution in [-0.2, 0) is 20.0 Å². The van der Waals surface area contributed by atoms with Crippen molar-refractivity contribution in [1.82, 2.24) is 20.2 Å². The molecule has 3 aromatic rings. The Morgan fingerprint density at radius 3 is 2.70 bits per heavy atom.